The van der Waals surface area contributed by atoms with E-state index in [9.17, 15) is 4.79 Å². The third kappa shape index (κ3) is 6.40. The molecule has 0 atom stereocenters. The third-order valence-electron chi connectivity index (χ3n) is 5.71. The maximum absolute atomic E-state index is 11.1. The van der Waals surface area contributed by atoms with Gasteiger partial charge in [0.1, 0.15) is 5.75 Å². The summed E-state index contributed by atoms with van der Waals surface area (Å²) in [5.74, 6) is 1.71. The molecule has 0 radical (unpaired) electrons. The Balaban J connectivity index is 0.000000175. The molecule has 0 saturated heterocycles. The molecule has 0 unspecified atom stereocenters. The van der Waals surface area contributed by atoms with Gasteiger partial charge in [0, 0.05) is 36.8 Å². The SMILES string of the molecule is CC.Cc1cn2nc(C(C)C)cc(Oc3cccnc3)c2n1.Cc1cn2nc(C)cc(-n3ccc(=O)cc3)c2n1. The largest absolute Gasteiger partial charge is 0.452 e. The average molecular weight is 539 g/mol. The van der Waals surface area contributed by atoms with Gasteiger partial charge in [-0.05, 0) is 44.9 Å². The van der Waals surface area contributed by atoms with Crippen LogP contribution in [0.15, 0.2) is 78.4 Å². The highest BCUT2D eigenvalue weighted by atomic mass is 16.5. The summed E-state index contributed by atoms with van der Waals surface area (Å²) in [5.41, 5.74) is 6.09. The van der Waals surface area contributed by atoms with Crippen molar-refractivity contribution >= 4 is 11.3 Å². The Kier molecular flexibility index (Phi) is 8.68. The van der Waals surface area contributed by atoms with Crippen LogP contribution in [0.5, 0.6) is 11.5 Å². The minimum absolute atomic E-state index is 0.00688. The van der Waals surface area contributed by atoms with E-state index in [-0.39, 0.29) is 5.43 Å². The van der Waals surface area contributed by atoms with Crippen LogP contribution in [0.1, 0.15) is 56.4 Å². The van der Waals surface area contributed by atoms with E-state index >= 15 is 0 Å². The summed E-state index contributed by atoms with van der Waals surface area (Å²) in [4.78, 5) is 24.1. The molecule has 0 N–H and O–H groups in total. The lowest BCUT2D eigenvalue weighted by Gasteiger charge is -2.10. The highest BCUT2D eigenvalue weighted by molar-refractivity contribution is 5.59. The number of hydrogen-bond acceptors (Lipinski definition) is 7. The molecule has 10 heteroatoms. The number of aryl methyl sites for hydroxylation is 3. The highest BCUT2D eigenvalue weighted by Gasteiger charge is 2.13. The van der Waals surface area contributed by atoms with E-state index in [1.165, 1.54) is 12.1 Å². The number of aromatic nitrogens is 8. The van der Waals surface area contributed by atoms with Crippen LogP contribution in [0.25, 0.3) is 17.0 Å². The second-order valence-corrected chi connectivity index (χ2v) is 9.29. The molecule has 0 aliphatic rings. The molecule has 0 spiro atoms. The molecule has 0 aliphatic carbocycles. The summed E-state index contributed by atoms with van der Waals surface area (Å²) in [5, 5.41) is 8.94. The summed E-state index contributed by atoms with van der Waals surface area (Å²) >= 11 is 0. The Hall–Kier alpha value is -4.86. The zero-order chi connectivity index (χ0) is 28.8. The lowest BCUT2D eigenvalue weighted by Crippen LogP contribution is -2.05. The molecule has 0 fully saturated rings. The highest BCUT2D eigenvalue weighted by Crippen LogP contribution is 2.27. The lowest BCUT2D eigenvalue weighted by atomic mass is 10.1. The van der Waals surface area contributed by atoms with Gasteiger partial charge in [-0.1, -0.05) is 27.7 Å². The molecule has 0 aromatic carbocycles. The zero-order valence-corrected chi connectivity index (χ0v) is 23.9. The second kappa shape index (κ2) is 12.3. The van der Waals surface area contributed by atoms with Crippen LogP contribution in [-0.4, -0.2) is 38.7 Å². The Morgan fingerprint density at radius 1 is 0.825 bits per heavy atom. The Labute approximate surface area is 233 Å². The number of imidazole rings is 2. The molecule has 0 bridgehead atoms. The smallest absolute Gasteiger partial charge is 0.197 e. The van der Waals surface area contributed by atoms with E-state index in [4.69, 9.17) is 4.74 Å². The maximum Gasteiger partial charge on any atom is 0.197 e. The number of ether oxygens (including phenoxy) is 1. The molecular weight excluding hydrogens is 504 g/mol. The predicted molar refractivity (Wildman–Crippen MR) is 156 cm³/mol. The summed E-state index contributed by atoms with van der Waals surface area (Å²) < 4.78 is 11.3. The van der Waals surface area contributed by atoms with E-state index in [2.05, 4.69) is 39.0 Å². The van der Waals surface area contributed by atoms with Crippen LogP contribution < -0.4 is 10.2 Å². The number of rotatable bonds is 4. The fourth-order valence-electron chi connectivity index (χ4n) is 3.93. The van der Waals surface area contributed by atoms with Crippen molar-refractivity contribution in [3.05, 3.63) is 107 Å². The van der Waals surface area contributed by atoms with Crippen molar-refractivity contribution in [3.8, 4) is 17.2 Å². The summed E-state index contributed by atoms with van der Waals surface area (Å²) in [6, 6.07) is 10.7. The number of nitrogens with zero attached hydrogens (tertiary/aromatic N) is 8. The minimum Gasteiger partial charge on any atom is -0.452 e. The topological polar surface area (TPSA) is 104 Å². The summed E-state index contributed by atoms with van der Waals surface area (Å²) in [7, 11) is 0. The van der Waals surface area contributed by atoms with Gasteiger partial charge >= 0.3 is 0 Å². The van der Waals surface area contributed by atoms with Crippen LogP contribution in [-0.2, 0) is 0 Å². The van der Waals surface area contributed by atoms with Crippen LogP contribution in [0.3, 0.4) is 0 Å². The van der Waals surface area contributed by atoms with Crippen LogP contribution in [0.4, 0.5) is 0 Å². The van der Waals surface area contributed by atoms with E-state index in [0.717, 1.165) is 39.8 Å². The third-order valence-corrected chi connectivity index (χ3v) is 5.71. The second-order valence-electron chi connectivity index (χ2n) is 9.29. The number of fused-ring (bicyclic) bond motifs is 2. The van der Waals surface area contributed by atoms with Crippen molar-refractivity contribution in [2.24, 2.45) is 0 Å². The van der Waals surface area contributed by atoms with Gasteiger partial charge in [0.15, 0.2) is 22.5 Å². The molecule has 10 nitrogen and oxygen atoms in total. The van der Waals surface area contributed by atoms with Crippen molar-refractivity contribution in [1.82, 2.24) is 38.7 Å². The predicted octanol–water partition coefficient (Wildman–Crippen LogP) is 5.87. The maximum atomic E-state index is 11.1. The number of hydrogen-bond donors (Lipinski definition) is 0. The Morgan fingerprint density at radius 3 is 2.10 bits per heavy atom. The van der Waals surface area contributed by atoms with Crippen molar-refractivity contribution < 1.29 is 4.74 Å². The van der Waals surface area contributed by atoms with Gasteiger partial charge < -0.3 is 9.30 Å². The molecule has 0 aliphatic heterocycles. The number of pyridine rings is 2. The summed E-state index contributed by atoms with van der Waals surface area (Å²) in [6.07, 6.45) is 10.7. The minimum atomic E-state index is -0.00688. The molecule has 6 aromatic heterocycles. The van der Waals surface area contributed by atoms with Crippen LogP contribution in [0, 0.1) is 20.8 Å². The molecule has 206 valence electrons. The Morgan fingerprint density at radius 2 is 1.48 bits per heavy atom. The van der Waals surface area contributed by atoms with Gasteiger partial charge in [0.05, 0.1) is 47.1 Å². The fourth-order valence-corrected chi connectivity index (χ4v) is 3.93. The lowest BCUT2D eigenvalue weighted by molar-refractivity contribution is 0.478. The monoisotopic (exact) mass is 538 g/mol. The fraction of sp³-hybridized carbons (Fsp3) is 0.267. The first-order chi connectivity index (χ1) is 19.3. The molecular formula is C30H34N8O2. The Bertz CT molecular complexity index is 1760. The van der Waals surface area contributed by atoms with E-state index in [0.29, 0.717) is 17.4 Å². The van der Waals surface area contributed by atoms with E-state index < -0.39 is 0 Å². The first-order valence-electron chi connectivity index (χ1n) is 13.2. The van der Waals surface area contributed by atoms with Crippen molar-refractivity contribution in [3.63, 3.8) is 0 Å². The average Bonchev–Trinajstić information content (AvgIpc) is 3.51. The molecule has 6 rings (SSSR count). The normalized spacial score (nSPS) is 10.7. The van der Waals surface area contributed by atoms with Gasteiger partial charge in [-0.15, -0.1) is 0 Å². The first-order valence-corrected chi connectivity index (χ1v) is 13.2. The van der Waals surface area contributed by atoms with Crippen molar-refractivity contribution in [1.29, 1.82) is 0 Å². The molecule has 0 saturated carbocycles. The molecule has 0 amide bonds. The van der Waals surface area contributed by atoms with Crippen molar-refractivity contribution in [2.75, 3.05) is 0 Å². The van der Waals surface area contributed by atoms with Gasteiger partial charge in [0.2, 0.25) is 0 Å². The standard InChI is InChI=1S/C15H16N4O.C13H12N4O.C2H6/c1-10(2)13-7-14(20-12-5-4-6-16-8-12)15-17-11(3)9-19(15)18-13;1-9-7-12(16-5-3-11(18)4-6-16)13-14-10(2)8-17(13)15-9;1-2/h4-10H,1-3H3;3-8H,1-2H3;1-2H3. The van der Waals surface area contributed by atoms with Gasteiger partial charge in [-0.25, -0.2) is 19.0 Å². The van der Waals surface area contributed by atoms with Gasteiger partial charge in [0.25, 0.3) is 0 Å². The van der Waals surface area contributed by atoms with Gasteiger partial charge in [-0.2, -0.15) is 10.2 Å². The summed E-state index contributed by atoms with van der Waals surface area (Å²) in [6.45, 7) is 14.0. The van der Waals surface area contributed by atoms with Gasteiger partial charge in [-0.3, -0.25) is 9.78 Å². The molecule has 40 heavy (non-hydrogen) atoms. The van der Waals surface area contributed by atoms with Crippen molar-refractivity contribution in [2.45, 2.75) is 54.4 Å². The van der Waals surface area contributed by atoms with Crippen LogP contribution >= 0.6 is 0 Å². The van der Waals surface area contributed by atoms with Crippen LogP contribution in [0.2, 0.25) is 0 Å². The first kappa shape index (κ1) is 28.2. The van der Waals surface area contributed by atoms with E-state index in [1.54, 1.807) is 33.8 Å². The molecule has 6 aromatic rings. The quantitative estimate of drug-likeness (QED) is 0.276. The molecule has 6 heterocycles. The zero-order valence-electron chi connectivity index (χ0n) is 23.9. The van der Waals surface area contributed by atoms with E-state index in [1.807, 2.05) is 75.8 Å².